The molecule has 0 bridgehead atoms. The molecule has 2 aromatic carbocycles. The number of nitrogens with zero attached hydrogens (tertiary/aromatic N) is 1. The van der Waals surface area contributed by atoms with Crippen molar-refractivity contribution in [1.29, 1.82) is 0 Å². The van der Waals surface area contributed by atoms with E-state index in [2.05, 4.69) is 0 Å². The number of carbonyl (C=O) groups is 2. The summed E-state index contributed by atoms with van der Waals surface area (Å²) in [6.45, 7) is 2.95. The minimum Gasteiger partial charge on any atom is -0.748 e. The van der Waals surface area contributed by atoms with Gasteiger partial charge in [0.15, 0.2) is 0 Å². The molecule has 39 heavy (non-hydrogen) atoms. The SMILES string of the molecule is CC1=C(C(=O)OCc2ccc(OCCCS(=O)(=O)[O-])cc2)[C@H](c2ccc(Cl)cc2)CC(=O)N1C[C@H]1CCCO1. The fourth-order valence-electron chi connectivity index (χ4n) is 4.81. The van der Waals surface area contributed by atoms with Crippen molar-refractivity contribution in [2.24, 2.45) is 0 Å². The number of halogens is 1. The highest BCUT2D eigenvalue weighted by Crippen LogP contribution is 2.38. The lowest BCUT2D eigenvalue weighted by Crippen LogP contribution is -2.42. The Morgan fingerprint density at radius 3 is 2.51 bits per heavy atom. The molecule has 0 aromatic heterocycles. The van der Waals surface area contributed by atoms with Crippen molar-refractivity contribution in [3.05, 3.63) is 76.0 Å². The summed E-state index contributed by atoms with van der Waals surface area (Å²) in [5.74, 6) is -1.01. The lowest BCUT2D eigenvalue weighted by atomic mass is 9.83. The monoisotopic (exact) mass is 576 g/mol. The van der Waals surface area contributed by atoms with E-state index in [1.54, 1.807) is 48.2 Å². The molecule has 0 saturated carbocycles. The predicted molar refractivity (Wildman–Crippen MR) is 143 cm³/mol. The maximum Gasteiger partial charge on any atom is 0.336 e. The number of amides is 1. The normalized spacial score (nSPS) is 19.9. The van der Waals surface area contributed by atoms with E-state index < -0.39 is 27.8 Å². The Hall–Kier alpha value is -2.92. The molecule has 2 heterocycles. The summed E-state index contributed by atoms with van der Waals surface area (Å²) in [6.07, 6.45) is 1.99. The van der Waals surface area contributed by atoms with E-state index in [9.17, 15) is 22.6 Å². The van der Waals surface area contributed by atoms with Crippen molar-refractivity contribution >= 4 is 33.6 Å². The quantitative estimate of drug-likeness (QED) is 0.222. The van der Waals surface area contributed by atoms with Crippen LogP contribution in [0.2, 0.25) is 5.02 Å². The fraction of sp³-hybridized carbons (Fsp3) is 0.429. The van der Waals surface area contributed by atoms with Crippen LogP contribution in [0, 0.1) is 0 Å². The van der Waals surface area contributed by atoms with Gasteiger partial charge in [0.05, 0.1) is 34.9 Å². The predicted octanol–water partition coefficient (Wildman–Crippen LogP) is 4.17. The number of rotatable bonds is 11. The molecule has 11 heteroatoms. The van der Waals surface area contributed by atoms with Crippen LogP contribution in [0.4, 0.5) is 0 Å². The molecule has 2 aromatic rings. The van der Waals surface area contributed by atoms with E-state index >= 15 is 0 Å². The van der Waals surface area contributed by atoms with Gasteiger partial charge in [-0.25, -0.2) is 13.2 Å². The van der Waals surface area contributed by atoms with Gasteiger partial charge in [-0.2, -0.15) is 0 Å². The lowest BCUT2D eigenvalue weighted by Gasteiger charge is -2.35. The molecule has 0 unspecified atom stereocenters. The van der Waals surface area contributed by atoms with Gasteiger partial charge in [-0.3, -0.25) is 4.79 Å². The van der Waals surface area contributed by atoms with Crippen LogP contribution in [0.5, 0.6) is 5.75 Å². The van der Waals surface area contributed by atoms with E-state index in [1.807, 2.05) is 12.1 Å². The minimum absolute atomic E-state index is 0.0112. The van der Waals surface area contributed by atoms with Crippen LogP contribution in [-0.4, -0.2) is 61.4 Å². The van der Waals surface area contributed by atoms with E-state index in [0.29, 0.717) is 35.2 Å². The van der Waals surface area contributed by atoms with Crippen LogP contribution in [0.1, 0.15) is 49.7 Å². The standard InChI is InChI=1S/C28H32ClNO8S/c1-19-27(28(32)38-18-20-5-11-23(12-6-20)36-14-3-15-39(33,34)35)25(21-7-9-22(29)10-8-21)16-26(31)30(19)17-24-4-2-13-37-24/h5-12,24-25H,2-4,13-18H2,1H3,(H,33,34,35)/p-1/t24-,25+/m1/s1. The van der Waals surface area contributed by atoms with Gasteiger partial charge < -0.3 is 23.7 Å². The molecule has 0 spiro atoms. The topological polar surface area (TPSA) is 122 Å². The summed E-state index contributed by atoms with van der Waals surface area (Å²) in [5.41, 5.74) is 2.53. The van der Waals surface area contributed by atoms with Crippen LogP contribution in [-0.2, 0) is 35.8 Å². The largest absolute Gasteiger partial charge is 0.748 e. The first-order chi connectivity index (χ1) is 18.6. The van der Waals surface area contributed by atoms with Crippen molar-refractivity contribution in [3.63, 3.8) is 0 Å². The van der Waals surface area contributed by atoms with Crippen molar-refractivity contribution in [3.8, 4) is 5.75 Å². The summed E-state index contributed by atoms with van der Waals surface area (Å²) >= 11 is 6.07. The number of carbonyl (C=O) groups excluding carboxylic acids is 2. The molecule has 2 atom stereocenters. The maximum absolute atomic E-state index is 13.5. The zero-order valence-corrected chi connectivity index (χ0v) is 23.2. The summed E-state index contributed by atoms with van der Waals surface area (Å²) < 4.78 is 49.0. The first-order valence-electron chi connectivity index (χ1n) is 12.8. The first-order valence-corrected chi connectivity index (χ1v) is 14.8. The van der Waals surface area contributed by atoms with Crippen molar-refractivity contribution in [1.82, 2.24) is 4.90 Å². The number of hydrogen-bond acceptors (Lipinski definition) is 8. The zero-order valence-electron chi connectivity index (χ0n) is 21.6. The Balaban J connectivity index is 1.46. The van der Waals surface area contributed by atoms with Gasteiger partial charge >= 0.3 is 5.97 Å². The highest BCUT2D eigenvalue weighted by molar-refractivity contribution is 7.85. The third kappa shape index (κ3) is 8.04. The number of hydrogen-bond donors (Lipinski definition) is 0. The minimum atomic E-state index is -4.27. The molecule has 1 amide bonds. The molecule has 0 radical (unpaired) electrons. The number of benzene rings is 2. The third-order valence-corrected chi connectivity index (χ3v) is 7.87. The first kappa shape index (κ1) is 29.1. The van der Waals surface area contributed by atoms with Crippen molar-refractivity contribution in [2.45, 2.75) is 51.2 Å². The average Bonchev–Trinajstić information content (AvgIpc) is 3.41. The van der Waals surface area contributed by atoms with Crippen LogP contribution in [0.25, 0.3) is 0 Å². The van der Waals surface area contributed by atoms with Gasteiger partial charge in [0.1, 0.15) is 12.4 Å². The van der Waals surface area contributed by atoms with Crippen molar-refractivity contribution in [2.75, 3.05) is 25.5 Å². The second kappa shape index (κ2) is 13.0. The van der Waals surface area contributed by atoms with Crippen LogP contribution < -0.4 is 4.74 Å². The molecular formula is C28H31ClNO8S-. The van der Waals surface area contributed by atoms with E-state index in [-0.39, 0.29) is 38.1 Å². The maximum atomic E-state index is 13.5. The number of esters is 1. The molecular weight excluding hydrogens is 546 g/mol. The Morgan fingerprint density at radius 2 is 1.87 bits per heavy atom. The molecule has 210 valence electrons. The molecule has 1 fully saturated rings. The van der Waals surface area contributed by atoms with Crippen LogP contribution in [0.3, 0.4) is 0 Å². The molecule has 0 N–H and O–H groups in total. The Bertz CT molecular complexity index is 1300. The molecule has 9 nitrogen and oxygen atoms in total. The Kier molecular flexibility index (Phi) is 9.66. The van der Waals surface area contributed by atoms with Gasteiger partial charge in [0, 0.05) is 35.4 Å². The van der Waals surface area contributed by atoms with Gasteiger partial charge in [0.25, 0.3) is 0 Å². The van der Waals surface area contributed by atoms with Gasteiger partial charge in [0.2, 0.25) is 5.91 Å². The average molecular weight is 577 g/mol. The van der Waals surface area contributed by atoms with E-state index in [4.69, 9.17) is 25.8 Å². The van der Waals surface area contributed by atoms with Gasteiger partial charge in [-0.1, -0.05) is 35.9 Å². The molecule has 4 rings (SSSR count). The molecule has 2 aliphatic rings. The Morgan fingerprint density at radius 1 is 1.15 bits per heavy atom. The second-order valence-corrected chi connectivity index (χ2v) is 11.6. The highest BCUT2D eigenvalue weighted by atomic mass is 35.5. The second-order valence-electron chi connectivity index (χ2n) is 9.63. The van der Waals surface area contributed by atoms with E-state index in [0.717, 1.165) is 24.0 Å². The third-order valence-electron chi connectivity index (χ3n) is 6.83. The van der Waals surface area contributed by atoms with Crippen molar-refractivity contribution < 1.29 is 36.8 Å². The summed E-state index contributed by atoms with van der Waals surface area (Å²) in [7, 11) is -4.27. The fourth-order valence-corrected chi connectivity index (χ4v) is 5.40. The molecule has 0 aliphatic carbocycles. The summed E-state index contributed by atoms with van der Waals surface area (Å²) in [6, 6.07) is 13.9. The summed E-state index contributed by atoms with van der Waals surface area (Å²) in [4.78, 5) is 28.3. The number of ether oxygens (including phenoxy) is 3. The molecule has 2 aliphatic heterocycles. The molecule has 1 saturated heterocycles. The smallest absolute Gasteiger partial charge is 0.336 e. The van der Waals surface area contributed by atoms with E-state index in [1.165, 1.54) is 0 Å². The highest BCUT2D eigenvalue weighted by Gasteiger charge is 2.38. The summed E-state index contributed by atoms with van der Waals surface area (Å²) in [5, 5.41) is 0.564. The Labute approximate surface area is 233 Å². The van der Waals surface area contributed by atoms with Crippen LogP contribution in [0.15, 0.2) is 59.8 Å². The zero-order chi connectivity index (χ0) is 28.0. The lowest BCUT2D eigenvalue weighted by molar-refractivity contribution is -0.141. The number of allylic oxidation sites excluding steroid dienone is 1. The van der Waals surface area contributed by atoms with Gasteiger partial charge in [-0.05, 0) is 61.6 Å². The van der Waals surface area contributed by atoms with Gasteiger partial charge in [-0.15, -0.1) is 0 Å². The van der Waals surface area contributed by atoms with Crippen LogP contribution >= 0.6 is 11.6 Å².